The summed E-state index contributed by atoms with van der Waals surface area (Å²) in [6.45, 7) is 0.259. The van der Waals surface area contributed by atoms with E-state index < -0.39 is 27.9 Å². The molecule has 0 N–H and O–H groups in total. The maximum absolute atomic E-state index is 12.6. The summed E-state index contributed by atoms with van der Waals surface area (Å²) in [4.78, 5) is -0.194. The lowest BCUT2D eigenvalue weighted by atomic mass is 10.2. The average molecular weight is 403 g/mol. The third kappa shape index (κ3) is 4.30. The molecule has 1 aliphatic rings. The first kappa shape index (κ1) is 19.4. The van der Waals surface area contributed by atoms with Crippen LogP contribution in [0.5, 0.6) is 11.8 Å². The minimum Gasteiger partial charge on any atom is -0.480 e. The van der Waals surface area contributed by atoms with Crippen LogP contribution < -0.4 is 9.47 Å². The van der Waals surface area contributed by atoms with Gasteiger partial charge in [-0.05, 0) is 30.7 Å². The highest BCUT2D eigenvalue weighted by Gasteiger charge is 2.35. The van der Waals surface area contributed by atoms with E-state index in [1.54, 1.807) is 12.1 Å². The van der Waals surface area contributed by atoms with Gasteiger partial charge in [0.15, 0.2) is 0 Å². The molecule has 1 atom stereocenters. The minimum atomic E-state index is -4.52. The molecule has 2 aromatic rings. The molecule has 0 saturated carbocycles. The molecule has 1 aromatic carbocycles. The van der Waals surface area contributed by atoms with Gasteiger partial charge in [-0.2, -0.15) is 17.5 Å². The third-order valence-corrected chi connectivity index (χ3v) is 5.92. The number of halogens is 3. The highest BCUT2D eigenvalue weighted by atomic mass is 32.2. The van der Waals surface area contributed by atoms with Crippen molar-refractivity contribution in [3.8, 4) is 11.8 Å². The molecule has 3 rings (SSSR count). The zero-order valence-electron chi connectivity index (χ0n) is 14.2. The van der Waals surface area contributed by atoms with Gasteiger partial charge in [0.2, 0.25) is 21.8 Å². The summed E-state index contributed by atoms with van der Waals surface area (Å²) in [6, 6.07) is 6.54. The number of aromatic nitrogens is 2. The van der Waals surface area contributed by atoms with Crippen LogP contribution in [0.2, 0.25) is 0 Å². The van der Waals surface area contributed by atoms with Gasteiger partial charge in [-0.25, -0.2) is 8.42 Å². The van der Waals surface area contributed by atoms with E-state index in [-0.39, 0.29) is 23.9 Å². The fourth-order valence-corrected chi connectivity index (χ4v) is 4.11. The Morgan fingerprint density at radius 1 is 1.07 bits per heavy atom. The van der Waals surface area contributed by atoms with Crippen molar-refractivity contribution in [3.63, 3.8) is 0 Å². The Balaban J connectivity index is 1.67. The number of hydrogen-bond donors (Lipinski definition) is 0. The van der Waals surface area contributed by atoms with Gasteiger partial charge in [-0.3, -0.25) is 0 Å². The highest BCUT2D eigenvalue weighted by molar-refractivity contribution is 7.89. The molecule has 0 spiro atoms. The second kappa shape index (κ2) is 7.31. The Hall–Kier alpha value is -2.40. The van der Waals surface area contributed by atoms with Crippen molar-refractivity contribution in [3.05, 3.63) is 42.0 Å². The van der Waals surface area contributed by atoms with E-state index in [2.05, 4.69) is 10.2 Å². The number of benzene rings is 1. The normalized spacial score (nSPS) is 18.4. The molecular formula is C16H16F3N3O4S. The number of alkyl halides is 3. The van der Waals surface area contributed by atoms with E-state index in [9.17, 15) is 21.6 Å². The summed E-state index contributed by atoms with van der Waals surface area (Å²) in [5.74, 6) is 0.551. The van der Waals surface area contributed by atoms with Gasteiger partial charge in [0.25, 0.3) is 0 Å². The van der Waals surface area contributed by atoms with Crippen LogP contribution in [0.4, 0.5) is 13.2 Å². The Morgan fingerprint density at radius 3 is 2.26 bits per heavy atom. The summed E-state index contributed by atoms with van der Waals surface area (Å²) < 4.78 is 74.8. The molecular weight excluding hydrogens is 387 g/mol. The molecule has 1 aromatic heterocycles. The second-order valence-electron chi connectivity index (χ2n) is 5.83. The molecule has 1 aliphatic heterocycles. The largest absolute Gasteiger partial charge is 0.480 e. The number of rotatable bonds is 5. The molecule has 146 valence electrons. The SMILES string of the molecule is COc1ccc(OC2CCN(S(=O)(=O)c3ccc(C(F)(F)F)cc3)C2)nn1. The van der Waals surface area contributed by atoms with E-state index >= 15 is 0 Å². The van der Waals surface area contributed by atoms with E-state index in [0.717, 1.165) is 24.3 Å². The van der Waals surface area contributed by atoms with Crippen molar-refractivity contribution in [2.45, 2.75) is 23.6 Å². The maximum atomic E-state index is 12.6. The number of ether oxygens (including phenoxy) is 2. The van der Waals surface area contributed by atoms with Crippen LogP contribution in [0.3, 0.4) is 0 Å². The minimum absolute atomic E-state index is 0.0665. The molecule has 11 heteroatoms. The van der Waals surface area contributed by atoms with Gasteiger partial charge in [0.1, 0.15) is 6.10 Å². The van der Waals surface area contributed by atoms with Crippen LogP contribution in [0.15, 0.2) is 41.3 Å². The van der Waals surface area contributed by atoms with Crippen LogP contribution >= 0.6 is 0 Å². The Bertz CT molecular complexity index is 887. The van der Waals surface area contributed by atoms with Gasteiger partial charge < -0.3 is 9.47 Å². The Morgan fingerprint density at radius 2 is 1.70 bits per heavy atom. The summed E-state index contributed by atoms with van der Waals surface area (Å²) in [5.41, 5.74) is -0.901. The molecule has 1 saturated heterocycles. The van der Waals surface area contributed by atoms with Crippen LogP contribution in [0, 0.1) is 0 Å². The predicted octanol–water partition coefficient (Wildman–Crippen LogP) is 2.35. The first-order chi connectivity index (χ1) is 12.7. The van der Waals surface area contributed by atoms with Gasteiger partial charge in [-0.15, -0.1) is 10.2 Å². The smallest absolute Gasteiger partial charge is 0.416 e. The average Bonchev–Trinajstić information content (AvgIpc) is 3.11. The summed E-state index contributed by atoms with van der Waals surface area (Å²) >= 11 is 0. The van der Waals surface area contributed by atoms with Crippen molar-refractivity contribution in [2.75, 3.05) is 20.2 Å². The van der Waals surface area contributed by atoms with E-state index in [1.807, 2.05) is 0 Å². The number of sulfonamides is 1. The van der Waals surface area contributed by atoms with Gasteiger partial charge in [0, 0.05) is 18.7 Å². The van der Waals surface area contributed by atoms with Crippen LogP contribution in [-0.4, -0.2) is 49.2 Å². The number of methoxy groups -OCH3 is 1. The summed E-state index contributed by atoms with van der Waals surface area (Å²) in [7, 11) is -2.46. The van der Waals surface area contributed by atoms with E-state index in [0.29, 0.717) is 12.3 Å². The Labute approximate surface area is 153 Å². The number of nitrogens with zero attached hydrogens (tertiary/aromatic N) is 3. The van der Waals surface area contributed by atoms with Crippen molar-refractivity contribution in [1.82, 2.24) is 14.5 Å². The van der Waals surface area contributed by atoms with Crippen molar-refractivity contribution < 1.29 is 31.1 Å². The summed E-state index contributed by atoms with van der Waals surface area (Å²) in [6.07, 6.45) is -4.53. The standard InChI is InChI=1S/C16H16F3N3O4S/c1-25-14-6-7-15(21-20-14)26-12-8-9-22(10-12)27(23,24)13-4-2-11(3-5-13)16(17,18)19/h2-7,12H,8-10H2,1H3. The third-order valence-electron chi connectivity index (χ3n) is 4.04. The van der Waals surface area contributed by atoms with Crippen molar-refractivity contribution in [1.29, 1.82) is 0 Å². The lowest BCUT2D eigenvalue weighted by Crippen LogP contribution is -2.31. The summed E-state index contributed by atoms with van der Waals surface area (Å²) in [5, 5.41) is 7.58. The monoisotopic (exact) mass is 403 g/mol. The quantitative estimate of drug-likeness (QED) is 0.762. The van der Waals surface area contributed by atoms with Crippen molar-refractivity contribution in [2.24, 2.45) is 0 Å². The van der Waals surface area contributed by atoms with Crippen molar-refractivity contribution >= 4 is 10.0 Å². The first-order valence-corrected chi connectivity index (χ1v) is 9.36. The first-order valence-electron chi connectivity index (χ1n) is 7.92. The molecule has 1 fully saturated rings. The zero-order chi connectivity index (χ0) is 19.7. The second-order valence-corrected chi connectivity index (χ2v) is 7.77. The van der Waals surface area contributed by atoms with E-state index in [1.165, 1.54) is 11.4 Å². The molecule has 0 amide bonds. The fraction of sp³-hybridized carbons (Fsp3) is 0.375. The molecule has 1 unspecified atom stereocenters. The van der Waals surface area contributed by atoms with Crippen LogP contribution in [0.25, 0.3) is 0 Å². The predicted molar refractivity (Wildman–Crippen MR) is 87.8 cm³/mol. The van der Waals surface area contributed by atoms with Gasteiger partial charge >= 0.3 is 6.18 Å². The van der Waals surface area contributed by atoms with Gasteiger partial charge in [-0.1, -0.05) is 0 Å². The zero-order valence-corrected chi connectivity index (χ0v) is 15.0. The molecule has 7 nitrogen and oxygen atoms in total. The molecule has 0 bridgehead atoms. The lowest BCUT2D eigenvalue weighted by Gasteiger charge is -2.17. The van der Waals surface area contributed by atoms with Gasteiger partial charge in [0.05, 0.1) is 24.1 Å². The van der Waals surface area contributed by atoms with Crippen LogP contribution in [0.1, 0.15) is 12.0 Å². The molecule has 0 radical (unpaired) electrons. The van der Waals surface area contributed by atoms with E-state index in [4.69, 9.17) is 9.47 Å². The topological polar surface area (TPSA) is 81.6 Å². The van der Waals surface area contributed by atoms with Crippen LogP contribution in [-0.2, 0) is 16.2 Å². The molecule has 27 heavy (non-hydrogen) atoms. The fourth-order valence-electron chi connectivity index (χ4n) is 2.63. The molecule has 2 heterocycles. The maximum Gasteiger partial charge on any atom is 0.416 e. The number of hydrogen-bond acceptors (Lipinski definition) is 6. The Kier molecular flexibility index (Phi) is 5.24. The lowest BCUT2D eigenvalue weighted by molar-refractivity contribution is -0.137. The highest BCUT2D eigenvalue weighted by Crippen LogP contribution is 2.31. The molecule has 0 aliphatic carbocycles.